The van der Waals surface area contributed by atoms with Crippen LogP contribution < -0.4 is 10.6 Å². The second kappa shape index (κ2) is 9.52. The molecule has 154 valence electrons. The number of amides is 3. The molecule has 2 rings (SSSR count). The highest BCUT2D eigenvalue weighted by Gasteiger charge is 2.24. The second-order valence-electron chi connectivity index (χ2n) is 7.81. The van der Waals surface area contributed by atoms with Gasteiger partial charge in [0.05, 0.1) is 0 Å². The molecule has 1 aliphatic rings. The minimum absolute atomic E-state index is 0.0264. The van der Waals surface area contributed by atoms with Gasteiger partial charge in [0.2, 0.25) is 5.91 Å². The van der Waals surface area contributed by atoms with Crippen molar-refractivity contribution in [3.8, 4) is 0 Å². The summed E-state index contributed by atoms with van der Waals surface area (Å²) in [4.78, 5) is 37.7. The van der Waals surface area contributed by atoms with Crippen LogP contribution in [0.5, 0.6) is 0 Å². The quantitative estimate of drug-likeness (QED) is 0.804. The zero-order chi connectivity index (χ0) is 20.7. The largest absolute Gasteiger partial charge is 0.444 e. The molecule has 28 heavy (non-hydrogen) atoms. The van der Waals surface area contributed by atoms with E-state index in [2.05, 4.69) is 10.6 Å². The number of piperidine rings is 1. The van der Waals surface area contributed by atoms with E-state index < -0.39 is 11.7 Å². The summed E-state index contributed by atoms with van der Waals surface area (Å²) in [5.41, 5.74) is -0.165. The smallest absolute Gasteiger partial charge is 0.407 e. The third-order valence-electron chi connectivity index (χ3n) is 4.30. The van der Waals surface area contributed by atoms with Crippen LogP contribution in [0.4, 0.5) is 9.18 Å². The molecule has 2 N–H and O–H groups in total. The Morgan fingerprint density at radius 1 is 1.14 bits per heavy atom. The van der Waals surface area contributed by atoms with E-state index in [-0.39, 0.29) is 36.6 Å². The van der Waals surface area contributed by atoms with Crippen molar-refractivity contribution >= 4 is 17.9 Å². The molecule has 1 aromatic carbocycles. The molecule has 1 saturated heterocycles. The van der Waals surface area contributed by atoms with Gasteiger partial charge in [-0.15, -0.1) is 0 Å². The number of halogens is 1. The van der Waals surface area contributed by atoms with Crippen molar-refractivity contribution in [1.82, 2.24) is 15.5 Å². The Kier molecular flexibility index (Phi) is 7.37. The summed E-state index contributed by atoms with van der Waals surface area (Å²) in [6.45, 7) is 6.62. The monoisotopic (exact) mass is 393 g/mol. The standard InChI is InChI=1S/C20H28FN3O4/c1-20(2,3)28-19(27)22-11-8-17(25)24-12-9-16(10-13-24)23-18(26)14-4-6-15(21)7-5-14/h4-7,16H,8-13H2,1-3H3,(H,22,27)(H,23,26). The lowest BCUT2D eigenvalue weighted by atomic mass is 10.0. The number of hydrogen-bond acceptors (Lipinski definition) is 4. The van der Waals surface area contributed by atoms with Crippen molar-refractivity contribution in [2.24, 2.45) is 0 Å². The molecular weight excluding hydrogens is 365 g/mol. The summed E-state index contributed by atoms with van der Waals surface area (Å²) in [6, 6.07) is 5.37. The summed E-state index contributed by atoms with van der Waals surface area (Å²) in [7, 11) is 0. The first-order chi connectivity index (χ1) is 13.1. The Balaban J connectivity index is 1.68. The van der Waals surface area contributed by atoms with Gasteiger partial charge < -0.3 is 20.3 Å². The SMILES string of the molecule is CC(C)(C)OC(=O)NCCC(=O)N1CCC(NC(=O)c2ccc(F)cc2)CC1. The molecule has 0 aliphatic carbocycles. The first kappa shape index (κ1) is 21.7. The number of carbonyl (C=O) groups excluding carboxylic acids is 3. The second-order valence-corrected chi connectivity index (χ2v) is 7.81. The number of carbonyl (C=O) groups is 3. The van der Waals surface area contributed by atoms with Gasteiger partial charge in [-0.3, -0.25) is 9.59 Å². The minimum Gasteiger partial charge on any atom is -0.444 e. The summed E-state index contributed by atoms with van der Waals surface area (Å²) >= 11 is 0. The molecule has 8 heteroatoms. The molecule has 1 aromatic rings. The van der Waals surface area contributed by atoms with E-state index in [1.165, 1.54) is 24.3 Å². The fraction of sp³-hybridized carbons (Fsp3) is 0.550. The van der Waals surface area contributed by atoms with Gasteiger partial charge in [-0.1, -0.05) is 0 Å². The first-order valence-electron chi connectivity index (χ1n) is 9.45. The molecule has 3 amide bonds. The van der Waals surface area contributed by atoms with Gasteiger partial charge in [0.25, 0.3) is 5.91 Å². The highest BCUT2D eigenvalue weighted by molar-refractivity contribution is 5.94. The van der Waals surface area contributed by atoms with Gasteiger partial charge in [0, 0.05) is 37.7 Å². The number of ether oxygens (including phenoxy) is 1. The molecule has 0 bridgehead atoms. The summed E-state index contributed by atoms with van der Waals surface area (Å²) < 4.78 is 18.1. The number of rotatable bonds is 5. The number of nitrogens with zero attached hydrogens (tertiary/aromatic N) is 1. The molecule has 0 radical (unpaired) electrons. The lowest BCUT2D eigenvalue weighted by Gasteiger charge is -2.32. The molecule has 1 fully saturated rings. The highest BCUT2D eigenvalue weighted by atomic mass is 19.1. The van der Waals surface area contributed by atoms with Gasteiger partial charge in [-0.2, -0.15) is 0 Å². The van der Waals surface area contributed by atoms with Crippen molar-refractivity contribution < 1.29 is 23.5 Å². The maximum atomic E-state index is 12.9. The minimum atomic E-state index is -0.575. The van der Waals surface area contributed by atoms with E-state index in [1.54, 1.807) is 25.7 Å². The predicted octanol–water partition coefficient (Wildman–Crippen LogP) is 2.46. The number of nitrogens with one attached hydrogen (secondary N) is 2. The van der Waals surface area contributed by atoms with Crippen LogP contribution in [0, 0.1) is 5.82 Å². The van der Waals surface area contributed by atoms with Crippen LogP contribution in [0.25, 0.3) is 0 Å². The predicted molar refractivity (Wildman–Crippen MR) is 102 cm³/mol. The van der Waals surface area contributed by atoms with E-state index in [0.29, 0.717) is 31.5 Å². The van der Waals surface area contributed by atoms with Crippen molar-refractivity contribution in [2.45, 2.75) is 51.7 Å². The van der Waals surface area contributed by atoms with Crippen molar-refractivity contribution in [3.63, 3.8) is 0 Å². The van der Waals surface area contributed by atoms with Gasteiger partial charge in [0.1, 0.15) is 11.4 Å². The van der Waals surface area contributed by atoms with Crippen LogP contribution in [0.3, 0.4) is 0 Å². The zero-order valence-electron chi connectivity index (χ0n) is 16.6. The van der Waals surface area contributed by atoms with Crippen LogP contribution in [-0.2, 0) is 9.53 Å². The Labute approximate surface area is 164 Å². The Bertz CT molecular complexity index is 692. The maximum absolute atomic E-state index is 12.9. The number of benzene rings is 1. The van der Waals surface area contributed by atoms with E-state index in [1.807, 2.05) is 0 Å². The van der Waals surface area contributed by atoms with Crippen LogP contribution in [0.15, 0.2) is 24.3 Å². The Hall–Kier alpha value is -2.64. The van der Waals surface area contributed by atoms with E-state index >= 15 is 0 Å². The number of hydrogen-bond donors (Lipinski definition) is 2. The number of alkyl carbamates (subject to hydrolysis) is 1. The topological polar surface area (TPSA) is 87.7 Å². The van der Waals surface area contributed by atoms with E-state index in [4.69, 9.17) is 4.74 Å². The first-order valence-corrected chi connectivity index (χ1v) is 9.45. The van der Waals surface area contributed by atoms with Gasteiger partial charge in [-0.25, -0.2) is 9.18 Å². The molecule has 7 nitrogen and oxygen atoms in total. The van der Waals surface area contributed by atoms with E-state index in [0.717, 1.165) is 0 Å². The highest BCUT2D eigenvalue weighted by Crippen LogP contribution is 2.13. The van der Waals surface area contributed by atoms with Crippen molar-refractivity contribution in [2.75, 3.05) is 19.6 Å². The van der Waals surface area contributed by atoms with Crippen molar-refractivity contribution in [3.05, 3.63) is 35.6 Å². The molecule has 0 unspecified atom stereocenters. The van der Waals surface area contributed by atoms with E-state index in [9.17, 15) is 18.8 Å². The molecule has 1 aliphatic heterocycles. The lowest BCUT2D eigenvalue weighted by Crippen LogP contribution is -2.47. The van der Waals surface area contributed by atoms with Crippen LogP contribution >= 0.6 is 0 Å². The van der Waals surface area contributed by atoms with Crippen LogP contribution in [-0.4, -0.2) is 54.1 Å². The van der Waals surface area contributed by atoms with Crippen molar-refractivity contribution in [1.29, 1.82) is 0 Å². The normalized spacial score (nSPS) is 15.1. The van der Waals surface area contributed by atoms with Crippen LogP contribution in [0.1, 0.15) is 50.4 Å². The van der Waals surface area contributed by atoms with Crippen LogP contribution in [0.2, 0.25) is 0 Å². The maximum Gasteiger partial charge on any atom is 0.407 e. The third kappa shape index (κ3) is 7.17. The molecule has 0 spiro atoms. The lowest BCUT2D eigenvalue weighted by molar-refractivity contribution is -0.132. The summed E-state index contributed by atoms with van der Waals surface area (Å²) in [5.74, 6) is -0.671. The zero-order valence-corrected chi connectivity index (χ0v) is 16.6. The molecule has 0 aromatic heterocycles. The molecule has 1 heterocycles. The number of likely N-dealkylation sites (tertiary alicyclic amines) is 1. The average Bonchev–Trinajstić information content (AvgIpc) is 2.61. The summed E-state index contributed by atoms with van der Waals surface area (Å²) in [5, 5.41) is 5.49. The Morgan fingerprint density at radius 2 is 1.75 bits per heavy atom. The van der Waals surface area contributed by atoms with Gasteiger partial charge >= 0.3 is 6.09 Å². The summed E-state index contributed by atoms with van der Waals surface area (Å²) in [6.07, 6.45) is 0.963. The molecule has 0 atom stereocenters. The average molecular weight is 393 g/mol. The fourth-order valence-electron chi connectivity index (χ4n) is 2.89. The molecule has 0 saturated carbocycles. The third-order valence-corrected chi connectivity index (χ3v) is 4.30. The Morgan fingerprint density at radius 3 is 2.32 bits per heavy atom. The fourth-order valence-corrected chi connectivity index (χ4v) is 2.89. The van der Waals surface area contributed by atoms with Gasteiger partial charge in [0.15, 0.2) is 0 Å². The molecular formula is C20H28FN3O4. The van der Waals surface area contributed by atoms with Gasteiger partial charge in [-0.05, 0) is 57.9 Å².